The number of hydrogen-bond donors (Lipinski definition) is 1. The van der Waals surface area contributed by atoms with Crippen molar-refractivity contribution >= 4 is 0 Å². The second-order valence-corrected chi connectivity index (χ2v) is 3.68. The van der Waals surface area contributed by atoms with Gasteiger partial charge in [-0.3, -0.25) is 9.97 Å². The maximum absolute atomic E-state index is 5.82. The Labute approximate surface area is 103 Å². The van der Waals surface area contributed by atoms with E-state index in [2.05, 4.69) is 20.1 Å². The van der Waals surface area contributed by atoms with E-state index in [4.69, 9.17) is 5.84 Å². The van der Waals surface area contributed by atoms with Crippen LogP contribution in [-0.2, 0) is 0 Å². The molecule has 0 unspecified atom stereocenters. The minimum atomic E-state index is 0.576. The van der Waals surface area contributed by atoms with Gasteiger partial charge in [0.25, 0.3) is 0 Å². The molecule has 0 bridgehead atoms. The van der Waals surface area contributed by atoms with E-state index in [0.29, 0.717) is 11.6 Å². The first-order chi connectivity index (χ1) is 8.84. The van der Waals surface area contributed by atoms with Crippen LogP contribution in [0.15, 0.2) is 49.1 Å². The minimum absolute atomic E-state index is 0.576. The van der Waals surface area contributed by atoms with Crippen LogP contribution in [0.5, 0.6) is 0 Å². The Hall–Kier alpha value is -2.76. The third-order valence-electron chi connectivity index (χ3n) is 2.51. The number of nitrogens with two attached hydrogens (primary N) is 1. The summed E-state index contributed by atoms with van der Waals surface area (Å²) < 4.78 is 0. The third-order valence-corrected chi connectivity index (χ3v) is 2.51. The standard InChI is InChI=1S/C12H10N6/c13-18-12(10-3-7-15-8-4-10)16-11(17-18)9-1-5-14-6-2-9/h1-8H,13H2. The Balaban J connectivity index is 2.07. The van der Waals surface area contributed by atoms with Gasteiger partial charge in [-0.05, 0) is 24.3 Å². The first-order valence-corrected chi connectivity index (χ1v) is 5.37. The third kappa shape index (κ3) is 1.80. The second-order valence-electron chi connectivity index (χ2n) is 3.68. The molecular formula is C12H10N6. The molecule has 18 heavy (non-hydrogen) atoms. The van der Waals surface area contributed by atoms with Gasteiger partial charge in [0.15, 0.2) is 11.6 Å². The average Bonchev–Trinajstić information content (AvgIpc) is 2.83. The fourth-order valence-electron chi connectivity index (χ4n) is 1.64. The van der Waals surface area contributed by atoms with Gasteiger partial charge in [-0.1, -0.05) is 0 Å². The van der Waals surface area contributed by atoms with Gasteiger partial charge in [-0.25, -0.2) is 4.98 Å². The Morgan fingerprint density at radius 2 is 1.39 bits per heavy atom. The molecule has 2 N–H and O–H groups in total. The van der Waals surface area contributed by atoms with Crippen LogP contribution in [0, 0.1) is 0 Å². The molecule has 88 valence electrons. The average molecular weight is 238 g/mol. The van der Waals surface area contributed by atoms with Crippen LogP contribution in [0.4, 0.5) is 0 Å². The highest BCUT2D eigenvalue weighted by atomic mass is 15.5. The highest BCUT2D eigenvalue weighted by molar-refractivity contribution is 5.60. The van der Waals surface area contributed by atoms with Crippen LogP contribution in [0.25, 0.3) is 22.8 Å². The van der Waals surface area contributed by atoms with Crippen LogP contribution in [0.3, 0.4) is 0 Å². The topological polar surface area (TPSA) is 82.5 Å². The Morgan fingerprint density at radius 1 is 0.833 bits per heavy atom. The lowest BCUT2D eigenvalue weighted by molar-refractivity contribution is 0.842. The molecule has 0 amide bonds. The molecule has 0 atom stereocenters. The zero-order chi connectivity index (χ0) is 12.4. The van der Waals surface area contributed by atoms with Crippen molar-refractivity contribution in [1.82, 2.24) is 24.8 Å². The Morgan fingerprint density at radius 3 is 2.00 bits per heavy atom. The van der Waals surface area contributed by atoms with Crippen molar-refractivity contribution in [2.45, 2.75) is 0 Å². The molecule has 0 aliphatic heterocycles. The molecular weight excluding hydrogens is 228 g/mol. The van der Waals surface area contributed by atoms with E-state index in [1.54, 1.807) is 24.8 Å². The lowest BCUT2D eigenvalue weighted by Crippen LogP contribution is -2.11. The van der Waals surface area contributed by atoms with Crippen LogP contribution in [0.1, 0.15) is 0 Å². The molecule has 0 spiro atoms. The number of nitrogen functional groups attached to an aromatic ring is 1. The van der Waals surface area contributed by atoms with Gasteiger partial charge in [0.2, 0.25) is 0 Å². The summed E-state index contributed by atoms with van der Waals surface area (Å²) in [5.74, 6) is 6.99. The summed E-state index contributed by atoms with van der Waals surface area (Å²) in [6.07, 6.45) is 6.77. The Bertz CT molecular complexity index is 647. The normalized spacial score (nSPS) is 10.4. The largest absolute Gasteiger partial charge is 0.321 e. The van der Waals surface area contributed by atoms with Gasteiger partial charge in [0.1, 0.15) is 0 Å². The number of pyridine rings is 2. The number of aromatic nitrogens is 5. The summed E-state index contributed by atoms with van der Waals surface area (Å²) >= 11 is 0. The molecule has 0 radical (unpaired) electrons. The SMILES string of the molecule is Nn1nc(-c2ccncc2)nc1-c1ccncc1. The zero-order valence-electron chi connectivity index (χ0n) is 9.43. The van der Waals surface area contributed by atoms with E-state index < -0.39 is 0 Å². The molecule has 0 aliphatic carbocycles. The zero-order valence-corrected chi connectivity index (χ0v) is 9.43. The predicted molar refractivity (Wildman–Crippen MR) is 66.6 cm³/mol. The molecule has 3 aromatic rings. The number of hydrogen-bond acceptors (Lipinski definition) is 5. The van der Waals surface area contributed by atoms with Crippen molar-refractivity contribution < 1.29 is 0 Å². The number of rotatable bonds is 2. The molecule has 6 heteroatoms. The summed E-state index contributed by atoms with van der Waals surface area (Å²) in [7, 11) is 0. The molecule has 3 rings (SSSR count). The molecule has 0 saturated heterocycles. The molecule has 3 aromatic heterocycles. The summed E-state index contributed by atoms with van der Waals surface area (Å²) in [6.45, 7) is 0. The second kappa shape index (κ2) is 4.25. The Kier molecular flexibility index (Phi) is 2.45. The van der Waals surface area contributed by atoms with Gasteiger partial charge in [0, 0.05) is 35.9 Å². The van der Waals surface area contributed by atoms with E-state index in [-0.39, 0.29) is 0 Å². The molecule has 0 fully saturated rings. The highest BCUT2D eigenvalue weighted by Gasteiger charge is 2.11. The molecule has 0 saturated carbocycles. The molecule has 3 heterocycles. The van der Waals surface area contributed by atoms with Crippen molar-refractivity contribution in [1.29, 1.82) is 0 Å². The van der Waals surface area contributed by atoms with Gasteiger partial charge in [-0.15, -0.1) is 5.10 Å². The maximum atomic E-state index is 5.82. The van der Waals surface area contributed by atoms with E-state index in [9.17, 15) is 0 Å². The van der Waals surface area contributed by atoms with E-state index in [1.165, 1.54) is 4.79 Å². The van der Waals surface area contributed by atoms with Gasteiger partial charge < -0.3 is 5.84 Å². The van der Waals surface area contributed by atoms with Crippen LogP contribution >= 0.6 is 0 Å². The molecule has 0 aromatic carbocycles. The van der Waals surface area contributed by atoms with Crippen molar-refractivity contribution in [3.8, 4) is 22.8 Å². The molecule has 6 nitrogen and oxygen atoms in total. The maximum Gasteiger partial charge on any atom is 0.183 e. The van der Waals surface area contributed by atoms with Gasteiger partial charge in [-0.2, -0.15) is 4.79 Å². The van der Waals surface area contributed by atoms with Gasteiger partial charge >= 0.3 is 0 Å². The van der Waals surface area contributed by atoms with E-state index in [1.807, 2.05) is 24.3 Å². The van der Waals surface area contributed by atoms with E-state index in [0.717, 1.165) is 11.1 Å². The van der Waals surface area contributed by atoms with Crippen molar-refractivity contribution in [2.24, 2.45) is 0 Å². The van der Waals surface area contributed by atoms with Crippen LogP contribution in [-0.4, -0.2) is 24.8 Å². The monoisotopic (exact) mass is 238 g/mol. The summed E-state index contributed by atoms with van der Waals surface area (Å²) in [4.78, 5) is 13.6. The summed E-state index contributed by atoms with van der Waals surface area (Å²) in [6, 6.07) is 7.35. The van der Waals surface area contributed by atoms with E-state index >= 15 is 0 Å². The van der Waals surface area contributed by atoms with Gasteiger partial charge in [0.05, 0.1) is 0 Å². The fourth-order valence-corrected chi connectivity index (χ4v) is 1.64. The van der Waals surface area contributed by atoms with Crippen molar-refractivity contribution in [3.63, 3.8) is 0 Å². The highest BCUT2D eigenvalue weighted by Crippen LogP contribution is 2.19. The lowest BCUT2D eigenvalue weighted by atomic mass is 10.2. The minimum Gasteiger partial charge on any atom is -0.321 e. The van der Waals surface area contributed by atoms with Crippen LogP contribution in [0.2, 0.25) is 0 Å². The number of nitrogens with zero attached hydrogens (tertiary/aromatic N) is 5. The first-order valence-electron chi connectivity index (χ1n) is 5.37. The first kappa shape index (κ1) is 10.4. The fraction of sp³-hybridized carbons (Fsp3) is 0. The van der Waals surface area contributed by atoms with Crippen LogP contribution < -0.4 is 5.84 Å². The molecule has 0 aliphatic rings. The quantitative estimate of drug-likeness (QED) is 0.676. The lowest BCUT2D eigenvalue weighted by Gasteiger charge is -1.97. The van der Waals surface area contributed by atoms with Crippen molar-refractivity contribution in [2.75, 3.05) is 5.84 Å². The summed E-state index contributed by atoms with van der Waals surface area (Å²) in [5, 5.41) is 4.19. The van der Waals surface area contributed by atoms with Crippen molar-refractivity contribution in [3.05, 3.63) is 49.1 Å². The predicted octanol–water partition coefficient (Wildman–Crippen LogP) is 1.12. The smallest absolute Gasteiger partial charge is 0.183 e. The summed E-state index contributed by atoms with van der Waals surface area (Å²) in [5.41, 5.74) is 1.75.